The summed E-state index contributed by atoms with van der Waals surface area (Å²) in [5.74, 6) is 0. The van der Waals surface area contributed by atoms with E-state index in [9.17, 15) is 10.1 Å². The number of benzene rings is 1. The quantitative estimate of drug-likeness (QED) is 0.488. The Labute approximate surface area is 88.8 Å². The van der Waals surface area contributed by atoms with E-state index in [2.05, 4.69) is 0 Å². The van der Waals surface area contributed by atoms with Gasteiger partial charge in [-0.15, -0.1) is 0 Å². The molecule has 0 bridgehead atoms. The Hall–Kier alpha value is -0.862. The molecule has 4 nitrogen and oxygen atoms in total. The van der Waals surface area contributed by atoms with Gasteiger partial charge in [-0.3, -0.25) is 0 Å². The van der Waals surface area contributed by atoms with Gasteiger partial charge in [0, 0.05) is 0 Å². The van der Waals surface area contributed by atoms with E-state index in [0.29, 0.717) is 5.21 Å². The predicted molar refractivity (Wildman–Crippen MR) is 55.1 cm³/mol. The van der Waals surface area contributed by atoms with Crippen LogP contribution in [-0.2, 0) is 0 Å². The van der Waals surface area contributed by atoms with Crippen molar-refractivity contribution >= 4 is 25.8 Å². The Balaban J connectivity index is 2.96. The van der Waals surface area contributed by atoms with Crippen molar-refractivity contribution in [1.29, 1.82) is 0 Å². The molecular weight excluding hydrogens is 245 g/mol. The van der Waals surface area contributed by atoms with Crippen LogP contribution in [0.5, 0.6) is 0 Å². The molecule has 1 aromatic carbocycles. The molecule has 0 aliphatic rings. The third-order valence-corrected chi connectivity index (χ3v) is 4.11. The van der Waals surface area contributed by atoms with Crippen molar-refractivity contribution in [3.05, 3.63) is 33.9 Å². The first-order valence-corrected chi connectivity index (χ1v) is 6.45. The van der Waals surface area contributed by atoms with Crippen molar-refractivity contribution in [3.63, 3.8) is 0 Å². The Morgan fingerprint density at radius 3 is 2.86 bits per heavy atom. The Bertz CT molecular complexity index is 341. The number of hydrogen-bond donors (Lipinski definition) is 1. The van der Waals surface area contributed by atoms with Gasteiger partial charge >= 0.3 is 88.4 Å². The van der Waals surface area contributed by atoms with Crippen molar-refractivity contribution in [2.24, 2.45) is 0 Å². The summed E-state index contributed by atoms with van der Waals surface area (Å²) in [4.78, 5) is 10.3. The van der Waals surface area contributed by atoms with Gasteiger partial charge in [-0.1, -0.05) is 0 Å². The number of aryl methyl sites for hydroxylation is 1. The van der Waals surface area contributed by atoms with E-state index >= 15 is 0 Å². The van der Waals surface area contributed by atoms with E-state index in [4.69, 9.17) is 5.11 Å². The summed E-state index contributed by atoms with van der Waals surface area (Å²) >= 11 is -0.288. The molecular formula is C9H11AsNO3. The minimum atomic E-state index is -0.352. The molecule has 1 radical (unpaired) electrons. The number of nitrogens with zero attached hydrogens (tertiary/aromatic N) is 1. The number of hydrogen-bond acceptors (Lipinski definition) is 3. The molecule has 0 aliphatic carbocycles. The second kappa shape index (κ2) is 5.13. The van der Waals surface area contributed by atoms with E-state index in [1.807, 2.05) is 13.0 Å². The van der Waals surface area contributed by atoms with Crippen LogP contribution < -0.4 is 4.35 Å². The van der Waals surface area contributed by atoms with Gasteiger partial charge in [0.2, 0.25) is 0 Å². The summed E-state index contributed by atoms with van der Waals surface area (Å²) in [7, 11) is 0. The molecule has 1 rings (SSSR count). The first-order chi connectivity index (χ1) is 6.65. The number of rotatable bonds is 4. The average molecular weight is 256 g/mol. The van der Waals surface area contributed by atoms with E-state index in [-0.39, 0.29) is 33.0 Å². The zero-order chi connectivity index (χ0) is 10.6. The van der Waals surface area contributed by atoms with Crippen LogP contribution in [-0.4, -0.2) is 32.4 Å². The summed E-state index contributed by atoms with van der Waals surface area (Å²) in [5.41, 5.74) is 1.09. The molecule has 0 unspecified atom stereocenters. The van der Waals surface area contributed by atoms with E-state index < -0.39 is 0 Å². The van der Waals surface area contributed by atoms with Crippen LogP contribution in [0.15, 0.2) is 18.2 Å². The van der Waals surface area contributed by atoms with Crippen LogP contribution in [0.4, 0.5) is 5.69 Å². The van der Waals surface area contributed by atoms with Crippen molar-refractivity contribution in [2.75, 3.05) is 6.61 Å². The monoisotopic (exact) mass is 256 g/mol. The topological polar surface area (TPSA) is 63.4 Å². The molecule has 5 heteroatoms. The van der Waals surface area contributed by atoms with Crippen LogP contribution in [0.25, 0.3) is 0 Å². The van der Waals surface area contributed by atoms with Crippen LogP contribution in [0.1, 0.15) is 5.56 Å². The molecule has 0 heterocycles. The number of aliphatic hydroxyl groups excluding tert-OH is 1. The fourth-order valence-corrected chi connectivity index (χ4v) is 2.82. The standard InChI is InChI=1S/C9H11AsNO3/c1-7-2-3-8(10-4-5-12)9(6-7)11(13)14/h2-3,6,12H,4-5H2,1H3. The van der Waals surface area contributed by atoms with Crippen molar-refractivity contribution in [1.82, 2.24) is 0 Å². The molecule has 0 saturated heterocycles. The molecule has 0 saturated carbocycles. The van der Waals surface area contributed by atoms with Gasteiger partial charge < -0.3 is 0 Å². The predicted octanol–water partition coefficient (Wildman–Crippen LogP) is 0.643. The van der Waals surface area contributed by atoms with E-state index in [0.717, 1.165) is 9.91 Å². The van der Waals surface area contributed by atoms with Gasteiger partial charge in [0.05, 0.1) is 0 Å². The van der Waals surface area contributed by atoms with Gasteiger partial charge in [0.15, 0.2) is 0 Å². The summed E-state index contributed by atoms with van der Waals surface area (Å²) in [6.07, 6.45) is 0. The Morgan fingerprint density at radius 2 is 2.29 bits per heavy atom. The van der Waals surface area contributed by atoms with Gasteiger partial charge in [-0.2, -0.15) is 0 Å². The van der Waals surface area contributed by atoms with Crippen LogP contribution in [0, 0.1) is 17.0 Å². The van der Waals surface area contributed by atoms with Crippen LogP contribution >= 0.6 is 0 Å². The number of aliphatic hydroxyl groups is 1. The van der Waals surface area contributed by atoms with Crippen molar-refractivity contribution in [2.45, 2.75) is 12.1 Å². The zero-order valence-corrected chi connectivity index (χ0v) is 9.68. The van der Waals surface area contributed by atoms with Gasteiger partial charge in [0.1, 0.15) is 0 Å². The van der Waals surface area contributed by atoms with Gasteiger partial charge in [-0.25, -0.2) is 0 Å². The third-order valence-electron chi connectivity index (χ3n) is 1.71. The Kier molecular flexibility index (Phi) is 4.11. The maximum absolute atomic E-state index is 10.7. The summed E-state index contributed by atoms with van der Waals surface area (Å²) < 4.78 is 0.783. The summed E-state index contributed by atoms with van der Waals surface area (Å²) in [6, 6.07) is 5.25. The molecule has 0 spiro atoms. The van der Waals surface area contributed by atoms with E-state index in [1.54, 1.807) is 12.1 Å². The maximum atomic E-state index is 10.7. The molecule has 1 N–H and O–H groups in total. The zero-order valence-electron chi connectivity index (χ0n) is 7.80. The summed E-state index contributed by atoms with van der Waals surface area (Å²) in [6.45, 7) is 1.93. The molecule has 0 aromatic heterocycles. The average Bonchev–Trinajstić information content (AvgIpc) is 2.15. The van der Waals surface area contributed by atoms with Crippen molar-refractivity contribution in [3.8, 4) is 0 Å². The fourth-order valence-electron chi connectivity index (χ4n) is 1.08. The Morgan fingerprint density at radius 1 is 1.57 bits per heavy atom. The van der Waals surface area contributed by atoms with Crippen LogP contribution in [0.2, 0.25) is 5.21 Å². The van der Waals surface area contributed by atoms with Crippen LogP contribution in [0.3, 0.4) is 0 Å². The second-order valence-corrected chi connectivity index (χ2v) is 5.47. The van der Waals surface area contributed by atoms with E-state index in [1.165, 1.54) is 0 Å². The van der Waals surface area contributed by atoms with Gasteiger partial charge in [0.25, 0.3) is 0 Å². The number of nitro groups is 1. The summed E-state index contributed by atoms with van der Waals surface area (Å²) in [5, 5.41) is 20.0. The molecule has 0 fully saturated rings. The van der Waals surface area contributed by atoms with Gasteiger partial charge in [-0.05, 0) is 0 Å². The molecule has 1 aromatic rings. The third kappa shape index (κ3) is 2.82. The normalized spacial score (nSPS) is 11.0. The molecule has 0 aliphatic heterocycles. The van der Waals surface area contributed by atoms with Crippen molar-refractivity contribution < 1.29 is 10.0 Å². The number of nitro benzene ring substituents is 1. The fraction of sp³-hybridized carbons (Fsp3) is 0.333. The second-order valence-electron chi connectivity index (χ2n) is 2.85. The first-order valence-electron chi connectivity index (χ1n) is 4.18. The molecule has 0 atom stereocenters. The SMILES string of the molecule is Cc1ccc([As]CCO)c([N+](=O)[O-])c1. The minimum absolute atomic E-state index is 0.102. The molecule has 75 valence electrons. The molecule has 0 amide bonds. The molecule has 14 heavy (non-hydrogen) atoms. The first kappa shape index (κ1) is 11.2.